The van der Waals surface area contributed by atoms with Crippen molar-refractivity contribution < 1.29 is 0 Å². The van der Waals surface area contributed by atoms with Crippen molar-refractivity contribution >= 4 is 17.3 Å². The highest BCUT2D eigenvalue weighted by atomic mass is 35.5. The molecular weight excluding hydrogens is 244 g/mol. The summed E-state index contributed by atoms with van der Waals surface area (Å²) < 4.78 is 0. The van der Waals surface area contributed by atoms with E-state index in [4.69, 9.17) is 11.6 Å². The molecule has 0 aromatic heterocycles. The number of halogens is 1. The molecule has 94 valence electrons. The fourth-order valence-corrected chi connectivity index (χ4v) is 3.83. The Balaban J connectivity index is 1.99. The highest BCUT2D eigenvalue weighted by molar-refractivity contribution is 6.32. The lowest BCUT2D eigenvalue weighted by atomic mass is 9.91. The average Bonchev–Trinajstić information content (AvgIpc) is 2.86. The summed E-state index contributed by atoms with van der Waals surface area (Å²) in [5.74, 6) is 0.823. The number of nitriles is 1. The number of fused-ring (bicyclic) bond motifs is 1. The van der Waals surface area contributed by atoms with Gasteiger partial charge in [-0.2, -0.15) is 5.26 Å². The third-order valence-electron chi connectivity index (χ3n) is 4.41. The van der Waals surface area contributed by atoms with Gasteiger partial charge in [0, 0.05) is 12.6 Å². The largest absolute Gasteiger partial charge is 0.367 e. The van der Waals surface area contributed by atoms with Gasteiger partial charge in [-0.05, 0) is 43.7 Å². The van der Waals surface area contributed by atoms with E-state index in [0.717, 1.165) is 18.2 Å². The van der Waals surface area contributed by atoms with Crippen LogP contribution in [0.25, 0.3) is 0 Å². The van der Waals surface area contributed by atoms with Crippen molar-refractivity contribution in [2.45, 2.75) is 38.1 Å². The third kappa shape index (κ3) is 1.87. The first-order valence-corrected chi connectivity index (χ1v) is 7.14. The highest BCUT2D eigenvalue weighted by Gasteiger charge is 2.35. The van der Waals surface area contributed by atoms with Gasteiger partial charge in [0.05, 0.1) is 16.3 Å². The van der Waals surface area contributed by atoms with E-state index < -0.39 is 0 Å². The maximum Gasteiger partial charge on any atom is 0.103 e. The van der Waals surface area contributed by atoms with Crippen molar-refractivity contribution in [2.75, 3.05) is 11.4 Å². The topological polar surface area (TPSA) is 27.0 Å². The van der Waals surface area contributed by atoms with Crippen LogP contribution < -0.4 is 4.90 Å². The van der Waals surface area contributed by atoms with Crippen LogP contribution in [0.5, 0.6) is 0 Å². The number of piperidine rings is 1. The predicted octanol–water partition coefficient (Wildman–Crippen LogP) is 3.98. The smallest absolute Gasteiger partial charge is 0.103 e. The van der Waals surface area contributed by atoms with E-state index in [1.807, 2.05) is 12.1 Å². The zero-order valence-corrected chi connectivity index (χ0v) is 11.2. The molecule has 1 heterocycles. The first-order valence-electron chi connectivity index (χ1n) is 6.76. The molecule has 0 spiro atoms. The van der Waals surface area contributed by atoms with Gasteiger partial charge >= 0.3 is 0 Å². The molecular formula is C15H17ClN2. The molecule has 2 fully saturated rings. The first-order chi connectivity index (χ1) is 8.81. The van der Waals surface area contributed by atoms with Gasteiger partial charge in [-0.15, -0.1) is 0 Å². The molecule has 2 unspecified atom stereocenters. The quantitative estimate of drug-likeness (QED) is 0.764. The molecule has 2 atom stereocenters. The van der Waals surface area contributed by atoms with Gasteiger partial charge in [0.1, 0.15) is 6.07 Å². The molecule has 1 saturated heterocycles. The summed E-state index contributed by atoms with van der Waals surface area (Å²) in [6, 6.07) is 8.70. The minimum absolute atomic E-state index is 0.579. The van der Waals surface area contributed by atoms with Crippen LogP contribution in [0, 0.1) is 17.2 Å². The van der Waals surface area contributed by atoms with E-state index in [2.05, 4.69) is 11.0 Å². The molecule has 1 aliphatic heterocycles. The Morgan fingerprint density at radius 2 is 2.06 bits per heavy atom. The molecule has 0 radical (unpaired) electrons. The summed E-state index contributed by atoms with van der Waals surface area (Å²) >= 11 is 6.14. The zero-order valence-electron chi connectivity index (χ0n) is 10.4. The number of benzene rings is 1. The Morgan fingerprint density at radius 3 is 2.89 bits per heavy atom. The monoisotopic (exact) mass is 260 g/mol. The van der Waals surface area contributed by atoms with Crippen molar-refractivity contribution in [3.8, 4) is 6.07 Å². The minimum Gasteiger partial charge on any atom is -0.367 e. The molecule has 3 heteroatoms. The molecule has 0 amide bonds. The van der Waals surface area contributed by atoms with Crippen LogP contribution in [-0.4, -0.2) is 12.6 Å². The van der Waals surface area contributed by atoms with Crippen molar-refractivity contribution in [1.29, 1.82) is 5.26 Å². The molecule has 1 aromatic rings. The van der Waals surface area contributed by atoms with Crippen LogP contribution in [0.3, 0.4) is 0 Å². The van der Waals surface area contributed by atoms with E-state index in [9.17, 15) is 5.26 Å². The second-order valence-corrected chi connectivity index (χ2v) is 5.75. The fourth-order valence-electron chi connectivity index (χ4n) is 3.62. The van der Waals surface area contributed by atoms with Crippen molar-refractivity contribution in [1.82, 2.24) is 0 Å². The summed E-state index contributed by atoms with van der Waals surface area (Å²) in [4.78, 5) is 2.44. The van der Waals surface area contributed by atoms with Crippen molar-refractivity contribution in [3.05, 3.63) is 28.8 Å². The van der Waals surface area contributed by atoms with Crippen LogP contribution >= 0.6 is 11.6 Å². The molecule has 2 nitrogen and oxygen atoms in total. The van der Waals surface area contributed by atoms with Crippen LogP contribution in [0.1, 0.15) is 37.7 Å². The van der Waals surface area contributed by atoms with Gasteiger partial charge in [0.2, 0.25) is 0 Å². The molecule has 1 aromatic carbocycles. The first kappa shape index (κ1) is 11.9. The molecule has 0 N–H and O–H groups in total. The number of anilines is 1. The van der Waals surface area contributed by atoms with Gasteiger partial charge in [-0.25, -0.2) is 0 Å². The lowest BCUT2D eigenvalue weighted by Gasteiger charge is -2.40. The van der Waals surface area contributed by atoms with Crippen LogP contribution in [0.2, 0.25) is 5.02 Å². The van der Waals surface area contributed by atoms with Gasteiger partial charge < -0.3 is 4.90 Å². The Hall–Kier alpha value is -1.20. The fraction of sp³-hybridized carbons (Fsp3) is 0.533. The lowest BCUT2D eigenvalue weighted by molar-refractivity contribution is 0.362. The van der Waals surface area contributed by atoms with Crippen LogP contribution in [0.4, 0.5) is 5.69 Å². The van der Waals surface area contributed by atoms with E-state index in [-0.39, 0.29) is 0 Å². The van der Waals surface area contributed by atoms with E-state index in [0.29, 0.717) is 16.6 Å². The average molecular weight is 261 g/mol. The number of hydrogen-bond acceptors (Lipinski definition) is 2. The second kappa shape index (κ2) is 4.82. The third-order valence-corrected chi connectivity index (χ3v) is 4.72. The molecule has 1 aliphatic carbocycles. The lowest BCUT2D eigenvalue weighted by Crippen LogP contribution is -2.43. The second-order valence-electron chi connectivity index (χ2n) is 5.34. The van der Waals surface area contributed by atoms with Gasteiger partial charge in [-0.1, -0.05) is 24.1 Å². The molecule has 3 rings (SSSR count). The highest BCUT2D eigenvalue weighted by Crippen LogP contribution is 2.40. The Bertz CT molecular complexity index is 492. The Labute approximate surface area is 113 Å². The van der Waals surface area contributed by atoms with E-state index in [1.165, 1.54) is 32.1 Å². The SMILES string of the molecule is N#Cc1c(Cl)cccc1N1CCCC2CCCC21. The Kier molecular flexibility index (Phi) is 3.18. The molecule has 0 bridgehead atoms. The van der Waals surface area contributed by atoms with Crippen LogP contribution in [0.15, 0.2) is 18.2 Å². The zero-order chi connectivity index (χ0) is 12.5. The summed E-state index contributed by atoms with van der Waals surface area (Å²) in [6.07, 6.45) is 6.53. The maximum atomic E-state index is 9.31. The van der Waals surface area contributed by atoms with E-state index in [1.54, 1.807) is 6.07 Å². The predicted molar refractivity (Wildman–Crippen MR) is 73.9 cm³/mol. The summed E-state index contributed by atoms with van der Waals surface area (Å²) in [5, 5.41) is 9.89. The summed E-state index contributed by atoms with van der Waals surface area (Å²) in [7, 11) is 0. The maximum absolute atomic E-state index is 9.31. The summed E-state index contributed by atoms with van der Waals surface area (Å²) in [5.41, 5.74) is 1.69. The minimum atomic E-state index is 0.579. The van der Waals surface area contributed by atoms with Gasteiger partial charge in [-0.3, -0.25) is 0 Å². The normalized spacial score (nSPS) is 26.8. The molecule has 18 heavy (non-hydrogen) atoms. The van der Waals surface area contributed by atoms with Gasteiger partial charge in [0.15, 0.2) is 0 Å². The number of hydrogen-bond donors (Lipinski definition) is 0. The van der Waals surface area contributed by atoms with Crippen molar-refractivity contribution in [3.63, 3.8) is 0 Å². The summed E-state index contributed by atoms with van der Waals surface area (Å²) in [6.45, 7) is 1.07. The number of nitrogens with zero attached hydrogens (tertiary/aromatic N) is 2. The molecule has 2 aliphatic rings. The van der Waals surface area contributed by atoms with Gasteiger partial charge in [0.25, 0.3) is 0 Å². The van der Waals surface area contributed by atoms with Crippen molar-refractivity contribution in [2.24, 2.45) is 5.92 Å². The van der Waals surface area contributed by atoms with Crippen LogP contribution in [-0.2, 0) is 0 Å². The molecule has 1 saturated carbocycles. The Morgan fingerprint density at radius 1 is 1.22 bits per heavy atom. The van der Waals surface area contributed by atoms with E-state index >= 15 is 0 Å². The number of rotatable bonds is 1. The standard InChI is InChI=1S/C15H17ClN2/c16-13-6-2-8-15(12(13)10-17)18-9-3-5-11-4-1-7-14(11)18/h2,6,8,11,14H,1,3-5,7,9H2.